The van der Waals surface area contributed by atoms with Gasteiger partial charge in [0.2, 0.25) is 0 Å². The zero-order chi connectivity index (χ0) is 13.7. The second kappa shape index (κ2) is 6.71. The van der Waals surface area contributed by atoms with Gasteiger partial charge in [-0.05, 0) is 32.4 Å². The molecule has 0 aliphatic heterocycles. The van der Waals surface area contributed by atoms with Gasteiger partial charge in [-0.1, -0.05) is 43.2 Å². The number of carbonyl (C=O) groups excluding carboxylic acids is 1. The molecule has 0 spiro atoms. The van der Waals surface area contributed by atoms with E-state index < -0.39 is 0 Å². The first kappa shape index (κ1) is 14.1. The minimum atomic E-state index is -0.274. The van der Waals surface area contributed by atoms with Crippen LogP contribution in [0.5, 0.6) is 0 Å². The van der Waals surface area contributed by atoms with Crippen LogP contribution in [0.4, 0.5) is 0 Å². The lowest BCUT2D eigenvalue weighted by Gasteiger charge is -2.31. The largest absolute Gasteiger partial charge is 0.465 e. The Labute approximate surface area is 115 Å². The molecule has 1 aliphatic rings. The first-order chi connectivity index (χ1) is 9.24. The molecule has 1 fully saturated rings. The van der Waals surface area contributed by atoms with E-state index in [1.807, 2.05) is 44.3 Å². The topological polar surface area (TPSA) is 29.5 Å². The van der Waals surface area contributed by atoms with Crippen LogP contribution in [0.15, 0.2) is 30.3 Å². The van der Waals surface area contributed by atoms with Gasteiger partial charge in [0, 0.05) is 6.04 Å². The van der Waals surface area contributed by atoms with Gasteiger partial charge in [-0.25, -0.2) is 4.79 Å². The molecule has 1 aromatic rings. The Kier molecular flexibility index (Phi) is 4.97. The van der Waals surface area contributed by atoms with Crippen molar-refractivity contribution in [1.29, 1.82) is 0 Å². The predicted octanol–water partition coefficient (Wildman–Crippen LogP) is 3.17. The first-order valence-electron chi connectivity index (χ1n) is 7.17. The summed E-state index contributed by atoms with van der Waals surface area (Å²) >= 11 is 0. The highest BCUT2D eigenvalue weighted by molar-refractivity contribution is 5.77. The normalized spacial score (nSPS) is 17.6. The van der Waals surface area contributed by atoms with Crippen molar-refractivity contribution in [1.82, 2.24) is 4.90 Å². The summed E-state index contributed by atoms with van der Waals surface area (Å²) in [6.07, 6.45) is 4.89. The highest BCUT2D eigenvalue weighted by Crippen LogP contribution is 2.30. The van der Waals surface area contributed by atoms with E-state index in [4.69, 9.17) is 4.74 Å². The fourth-order valence-electron chi connectivity index (χ4n) is 2.92. The van der Waals surface area contributed by atoms with Gasteiger partial charge in [0.1, 0.15) is 6.04 Å². The molecule has 0 aromatic heterocycles. The summed E-state index contributed by atoms with van der Waals surface area (Å²) in [6, 6.07) is 10.2. The van der Waals surface area contributed by atoms with Crippen molar-refractivity contribution in [3.05, 3.63) is 35.9 Å². The van der Waals surface area contributed by atoms with Crippen molar-refractivity contribution in [2.24, 2.45) is 0 Å². The van der Waals surface area contributed by atoms with Gasteiger partial charge in [0.15, 0.2) is 0 Å². The van der Waals surface area contributed by atoms with Crippen LogP contribution in [0.25, 0.3) is 0 Å². The second-order valence-corrected chi connectivity index (χ2v) is 5.17. The molecule has 104 valence electrons. The first-order valence-corrected chi connectivity index (χ1v) is 7.17. The lowest BCUT2D eigenvalue weighted by molar-refractivity contribution is -0.150. The fraction of sp³-hybridized carbons (Fsp3) is 0.562. The van der Waals surface area contributed by atoms with Gasteiger partial charge in [-0.15, -0.1) is 0 Å². The Morgan fingerprint density at radius 2 is 1.95 bits per heavy atom. The molecule has 0 N–H and O–H groups in total. The summed E-state index contributed by atoms with van der Waals surface area (Å²) in [7, 11) is 2.05. The minimum Gasteiger partial charge on any atom is -0.465 e. The van der Waals surface area contributed by atoms with E-state index in [9.17, 15) is 4.79 Å². The van der Waals surface area contributed by atoms with Gasteiger partial charge in [-0.3, -0.25) is 4.90 Å². The molecule has 1 atom stereocenters. The van der Waals surface area contributed by atoms with E-state index in [1.54, 1.807) is 0 Å². The summed E-state index contributed by atoms with van der Waals surface area (Å²) in [4.78, 5) is 14.5. The third-order valence-electron chi connectivity index (χ3n) is 3.93. The maximum Gasteiger partial charge on any atom is 0.327 e. The zero-order valence-corrected chi connectivity index (χ0v) is 11.8. The molecular weight excluding hydrogens is 238 g/mol. The average Bonchev–Trinajstić information content (AvgIpc) is 2.94. The van der Waals surface area contributed by atoms with E-state index in [1.165, 1.54) is 25.7 Å². The minimum absolute atomic E-state index is 0.136. The van der Waals surface area contributed by atoms with E-state index in [0.717, 1.165) is 5.56 Å². The zero-order valence-electron chi connectivity index (χ0n) is 11.8. The molecule has 1 aromatic carbocycles. The molecule has 1 aliphatic carbocycles. The van der Waals surface area contributed by atoms with Gasteiger partial charge in [0.25, 0.3) is 0 Å². The Hall–Kier alpha value is -1.35. The molecule has 1 unspecified atom stereocenters. The molecule has 0 amide bonds. The van der Waals surface area contributed by atoms with Crippen LogP contribution in [0.3, 0.4) is 0 Å². The summed E-state index contributed by atoms with van der Waals surface area (Å²) in [5, 5.41) is 0. The van der Waals surface area contributed by atoms with Crippen molar-refractivity contribution in [2.75, 3.05) is 13.7 Å². The summed E-state index contributed by atoms with van der Waals surface area (Å²) in [6.45, 7) is 2.29. The number of esters is 1. The number of likely N-dealkylation sites (N-methyl/N-ethyl adjacent to an activating group) is 1. The van der Waals surface area contributed by atoms with Crippen LogP contribution in [0.2, 0.25) is 0 Å². The quantitative estimate of drug-likeness (QED) is 0.762. The van der Waals surface area contributed by atoms with Crippen molar-refractivity contribution < 1.29 is 9.53 Å². The van der Waals surface area contributed by atoms with E-state index >= 15 is 0 Å². The van der Waals surface area contributed by atoms with E-state index in [2.05, 4.69) is 4.90 Å². The highest BCUT2D eigenvalue weighted by Gasteiger charge is 2.32. The smallest absolute Gasteiger partial charge is 0.327 e. The molecule has 2 rings (SSSR count). The molecule has 1 saturated carbocycles. The number of nitrogens with zero attached hydrogens (tertiary/aromatic N) is 1. The van der Waals surface area contributed by atoms with Gasteiger partial charge < -0.3 is 4.74 Å². The number of rotatable bonds is 5. The van der Waals surface area contributed by atoms with Crippen LogP contribution in [0.1, 0.15) is 44.2 Å². The molecule has 19 heavy (non-hydrogen) atoms. The monoisotopic (exact) mass is 261 g/mol. The third kappa shape index (κ3) is 3.35. The molecule has 0 saturated heterocycles. The van der Waals surface area contributed by atoms with Crippen LogP contribution in [-0.2, 0) is 9.53 Å². The van der Waals surface area contributed by atoms with E-state index in [0.29, 0.717) is 12.6 Å². The molecular formula is C16H23NO2. The Bertz CT molecular complexity index is 398. The van der Waals surface area contributed by atoms with Crippen molar-refractivity contribution >= 4 is 5.97 Å². The van der Waals surface area contributed by atoms with E-state index in [-0.39, 0.29) is 12.0 Å². The van der Waals surface area contributed by atoms with Crippen molar-refractivity contribution in [3.8, 4) is 0 Å². The van der Waals surface area contributed by atoms with Crippen molar-refractivity contribution in [2.45, 2.75) is 44.7 Å². The van der Waals surface area contributed by atoms with Crippen LogP contribution in [-0.4, -0.2) is 30.6 Å². The van der Waals surface area contributed by atoms with Gasteiger partial charge >= 0.3 is 5.97 Å². The lowest BCUT2D eigenvalue weighted by Crippen LogP contribution is -2.38. The Morgan fingerprint density at radius 1 is 1.32 bits per heavy atom. The molecule has 3 heteroatoms. The molecule has 0 radical (unpaired) electrons. The van der Waals surface area contributed by atoms with Crippen LogP contribution < -0.4 is 0 Å². The van der Waals surface area contributed by atoms with Gasteiger partial charge in [-0.2, -0.15) is 0 Å². The number of ether oxygens (including phenoxy) is 1. The SMILES string of the molecule is CCOC(=O)C(c1ccccc1)N(C)C1CCCC1. The lowest BCUT2D eigenvalue weighted by atomic mass is 10.0. The van der Waals surface area contributed by atoms with Crippen LogP contribution in [0, 0.1) is 0 Å². The average molecular weight is 261 g/mol. The summed E-state index contributed by atoms with van der Waals surface area (Å²) < 4.78 is 5.26. The summed E-state index contributed by atoms with van der Waals surface area (Å²) in [5.74, 6) is -0.136. The molecule has 3 nitrogen and oxygen atoms in total. The number of hydrogen-bond donors (Lipinski definition) is 0. The number of benzene rings is 1. The Morgan fingerprint density at radius 3 is 2.53 bits per heavy atom. The standard InChI is InChI=1S/C16H23NO2/c1-3-19-16(18)15(13-9-5-4-6-10-13)17(2)14-11-7-8-12-14/h4-6,9-10,14-15H,3,7-8,11-12H2,1-2H3. The fourth-order valence-corrected chi connectivity index (χ4v) is 2.92. The molecule has 0 bridgehead atoms. The van der Waals surface area contributed by atoms with Gasteiger partial charge in [0.05, 0.1) is 6.61 Å². The number of hydrogen-bond acceptors (Lipinski definition) is 3. The maximum absolute atomic E-state index is 12.3. The highest BCUT2D eigenvalue weighted by atomic mass is 16.5. The maximum atomic E-state index is 12.3. The molecule has 0 heterocycles. The predicted molar refractivity (Wildman–Crippen MR) is 75.8 cm³/mol. The second-order valence-electron chi connectivity index (χ2n) is 5.17. The third-order valence-corrected chi connectivity index (χ3v) is 3.93. The summed E-state index contributed by atoms with van der Waals surface area (Å²) in [5.41, 5.74) is 1.02. The Balaban J connectivity index is 2.20. The van der Waals surface area contributed by atoms with Crippen molar-refractivity contribution in [3.63, 3.8) is 0 Å². The van der Waals surface area contributed by atoms with Crippen LogP contribution >= 0.6 is 0 Å². The number of carbonyl (C=O) groups is 1.